The highest BCUT2D eigenvalue weighted by molar-refractivity contribution is 6.01. The molecule has 1 amide bonds. The van der Waals surface area contributed by atoms with Crippen LogP contribution >= 0.6 is 0 Å². The first-order chi connectivity index (χ1) is 16.7. The highest BCUT2D eigenvalue weighted by Crippen LogP contribution is 2.37. The van der Waals surface area contributed by atoms with Crippen LogP contribution < -0.4 is 10.2 Å². The van der Waals surface area contributed by atoms with E-state index in [9.17, 15) is 4.79 Å². The van der Waals surface area contributed by atoms with Crippen molar-refractivity contribution >= 4 is 23.2 Å². The normalized spacial score (nSPS) is 18.3. The molecule has 1 fully saturated rings. The zero-order valence-corrected chi connectivity index (χ0v) is 19.6. The van der Waals surface area contributed by atoms with Crippen LogP contribution in [0.25, 0.3) is 0 Å². The van der Waals surface area contributed by atoms with Crippen LogP contribution in [0.15, 0.2) is 89.9 Å². The molecule has 2 aliphatic rings. The lowest BCUT2D eigenvalue weighted by molar-refractivity contribution is -0.121. The number of carbonyl (C=O) groups excluding carboxylic acids is 1. The van der Waals surface area contributed by atoms with Gasteiger partial charge in [0.15, 0.2) is 0 Å². The summed E-state index contributed by atoms with van der Waals surface area (Å²) >= 11 is 0. The first-order valence-corrected chi connectivity index (χ1v) is 12.0. The summed E-state index contributed by atoms with van der Waals surface area (Å²) in [7, 11) is 2.15. The Hall–Kier alpha value is -3.64. The maximum Gasteiger partial charge on any atom is 0.222 e. The number of likely N-dealkylation sites (N-methyl/N-ethyl adjacent to an activating group) is 1. The Balaban J connectivity index is 1.47. The van der Waals surface area contributed by atoms with E-state index >= 15 is 0 Å². The minimum atomic E-state index is -0.325. The molecular formula is C28H31N5O. The molecule has 1 unspecified atom stereocenters. The molecule has 2 aliphatic heterocycles. The number of rotatable bonds is 5. The van der Waals surface area contributed by atoms with Crippen LogP contribution in [-0.4, -0.2) is 54.9 Å². The summed E-state index contributed by atoms with van der Waals surface area (Å²) in [5.41, 5.74) is 4.11. The lowest BCUT2D eigenvalue weighted by atomic mass is 10.0. The van der Waals surface area contributed by atoms with E-state index in [0.29, 0.717) is 12.8 Å². The van der Waals surface area contributed by atoms with Crippen molar-refractivity contribution in [2.75, 3.05) is 38.1 Å². The van der Waals surface area contributed by atoms with E-state index in [1.807, 2.05) is 54.6 Å². The summed E-state index contributed by atoms with van der Waals surface area (Å²) in [4.78, 5) is 25.2. The molecule has 0 radical (unpaired) electrons. The number of hydrogen-bond acceptors (Lipinski definition) is 5. The van der Waals surface area contributed by atoms with Gasteiger partial charge in [-0.25, -0.2) is 4.99 Å². The standard InChI is InChI=1S/C28H31N5O/c1-31-18-20-32(21-19-31)28-29-25-15-9-8-14-24(25)27(33(28)23-12-6-3-7-13-23)30-26(34)17-16-22-10-4-2-5-11-22/h2-15,27H,16-21H2,1H3,(H,30,34). The average molecular weight is 454 g/mol. The Morgan fingerprint density at radius 3 is 2.26 bits per heavy atom. The molecule has 34 heavy (non-hydrogen) atoms. The predicted molar refractivity (Wildman–Crippen MR) is 137 cm³/mol. The molecular weight excluding hydrogens is 422 g/mol. The van der Waals surface area contributed by atoms with Crippen molar-refractivity contribution in [2.45, 2.75) is 19.0 Å². The van der Waals surface area contributed by atoms with Crippen LogP contribution in [0.1, 0.15) is 23.7 Å². The van der Waals surface area contributed by atoms with Crippen molar-refractivity contribution in [2.24, 2.45) is 4.99 Å². The van der Waals surface area contributed by atoms with Crippen molar-refractivity contribution in [3.63, 3.8) is 0 Å². The molecule has 1 saturated heterocycles. The van der Waals surface area contributed by atoms with Gasteiger partial charge < -0.3 is 15.1 Å². The summed E-state index contributed by atoms with van der Waals surface area (Å²) in [5, 5.41) is 3.34. The SMILES string of the molecule is CN1CCN(C2=Nc3ccccc3C(NC(=O)CCc3ccccc3)N2c2ccccc2)CC1. The molecule has 6 nitrogen and oxygen atoms in total. The molecule has 1 atom stereocenters. The number of anilines is 1. The van der Waals surface area contributed by atoms with Gasteiger partial charge in [-0.3, -0.25) is 9.69 Å². The Kier molecular flexibility index (Phi) is 6.58. The third-order valence-corrected chi connectivity index (χ3v) is 6.53. The molecule has 5 rings (SSSR count). The van der Waals surface area contributed by atoms with Gasteiger partial charge in [0.1, 0.15) is 6.17 Å². The first kappa shape index (κ1) is 22.2. The number of aryl methyl sites for hydroxylation is 1. The number of hydrogen-bond donors (Lipinski definition) is 1. The van der Waals surface area contributed by atoms with Gasteiger partial charge in [-0.1, -0.05) is 66.7 Å². The fraction of sp³-hybridized carbons (Fsp3) is 0.286. The number of nitrogens with one attached hydrogen (secondary N) is 1. The molecule has 0 bridgehead atoms. The number of benzene rings is 3. The number of aliphatic imine (C=N–C) groups is 1. The largest absolute Gasteiger partial charge is 0.340 e. The second kappa shape index (κ2) is 10.1. The second-order valence-electron chi connectivity index (χ2n) is 8.92. The first-order valence-electron chi connectivity index (χ1n) is 12.0. The minimum absolute atomic E-state index is 0.0317. The summed E-state index contributed by atoms with van der Waals surface area (Å²) < 4.78 is 0. The Bertz CT molecular complexity index is 1140. The maximum atomic E-state index is 13.2. The number of amides is 1. The molecule has 0 aromatic heterocycles. The van der Waals surface area contributed by atoms with Gasteiger partial charge in [0.05, 0.1) is 5.69 Å². The Labute approximate surface area is 201 Å². The second-order valence-corrected chi connectivity index (χ2v) is 8.92. The smallest absolute Gasteiger partial charge is 0.222 e. The summed E-state index contributed by atoms with van der Waals surface area (Å²) in [6, 6.07) is 28.5. The third-order valence-electron chi connectivity index (χ3n) is 6.53. The van der Waals surface area contributed by atoms with E-state index in [1.54, 1.807) is 0 Å². The van der Waals surface area contributed by atoms with E-state index in [2.05, 4.69) is 57.4 Å². The molecule has 6 heteroatoms. The van der Waals surface area contributed by atoms with E-state index in [0.717, 1.165) is 49.1 Å². The van der Waals surface area contributed by atoms with E-state index in [-0.39, 0.29) is 12.1 Å². The zero-order valence-electron chi connectivity index (χ0n) is 19.6. The molecule has 0 aliphatic carbocycles. The number of nitrogens with zero attached hydrogens (tertiary/aromatic N) is 4. The van der Waals surface area contributed by atoms with Gasteiger partial charge in [-0.2, -0.15) is 0 Å². The van der Waals surface area contributed by atoms with Crippen molar-refractivity contribution < 1.29 is 4.79 Å². The van der Waals surface area contributed by atoms with E-state index < -0.39 is 0 Å². The van der Waals surface area contributed by atoms with Crippen molar-refractivity contribution in [3.05, 3.63) is 96.1 Å². The Morgan fingerprint density at radius 1 is 0.882 bits per heavy atom. The van der Waals surface area contributed by atoms with Gasteiger partial charge in [0.2, 0.25) is 11.9 Å². The molecule has 3 aromatic carbocycles. The highest BCUT2D eigenvalue weighted by Gasteiger charge is 2.35. The van der Waals surface area contributed by atoms with Crippen LogP contribution in [0.4, 0.5) is 11.4 Å². The lowest BCUT2D eigenvalue weighted by Gasteiger charge is -2.44. The topological polar surface area (TPSA) is 51.2 Å². The average Bonchev–Trinajstić information content (AvgIpc) is 2.89. The number of piperazine rings is 1. The molecule has 174 valence electrons. The van der Waals surface area contributed by atoms with Crippen LogP contribution in [0.3, 0.4) is 0 Å². The van der Waals surface area contributed by atoms with Gasteiger partial charge in [0, 0.05) is 43.9 Å². The molecule has 0 saturated carbocycles. The fourth-order valence-electron chi connectivity index (χ4n) is 4.59. The van der Waals surface area contributed by atoms with Crippen LogP contribution in [0.2, 0.25) is 0 Å². The Morgan fingerprint density at radius 2 is 1.53 bits per heavy atom. The van der Waals surface area contributed by atoms with Crippen molar-refractivity contribution in [3.8, 4) is 0 Å². The van der Waals surface area contributed by atoms with Gasteiger partial charge in [0.25, 0.3) is 0 Å². The van der Waals surface area contributed by atoms with Gasteiger partial charge in [-0.05, 0) is 37.2 Å². The number of fused-ring (bicyclic) bond motifs is 1. The predicted octanol–water partition coefficient (Wildman–Crippen LogP) is 4.19. The van der Waals surface area contributed by atoms with Crippen LogP contribution in [0, 0.1) is 0 Å². The number of carbonyl (C=O) groups is 1. The minimum Gasteiger partial charge on any atom is -0.340 e. The quantitative estimate of drug-likeness (QED) is 0.630. The third kappa shape index (κ3) is 4.82. The summed E-state index contributed by atoms with van der Waals surface area (Å²) in [6.07, 6.45) is 0.826. The molecule has 0 spiro atoms. The number of guanidine groups is 1. The number of para-hydroxylation sites is 2. The van der Waals surface area contributed by atoms with E-state index in [4.69, 9.17) is 4.99 Å². The monoisotopic (exact) mass is 453 g/mol. The zero-order chi connectivity index (χ0) is 23.3. The van der Waals surface area contributed by atoms with E-state index in [1.165, 1.54) is 5.56 Å². The molecule has 3 aromatic rings. The van der Waals surface area contributed by atoms with Crippen molar-refractivity contribution in [1.29, 1.82) is 0 Å². The lowest BCUT2D eigenvalue weighted by Crippen LogP contribution is -2.56. The highest BCUT2D eigenvalue weighted by atomic mass is 16.1. The molecule has 2 heterocycles. The maximum absolute atomic E-state index is 13.2. The van der Waals surface area contributed by atoms with Crippen molar-refractivity contribution in [1.82, 2.24) is 15.1 Å². The summed E-state index contributed by atoms with van der Waals surface area (Å²) in [6.45, 7) is 3.76. The van der Waals surface area contributed by atoms with Gasteiger partial charge >= 0.3 is 0 Å². The summed E-state index contributed by atoms with van der Waals surface area (Å²) in [5.74, 6) is 0.926. The molecule has 1 N–H and O–H groups in total. The van der Waals surface area contributed by atoms with Crippen LogP contribution in [0.5, 0.6) is 0 Å². The van der Waals surface area contributed by atoms with Gasteiger partial charge in [-0.15, -0.1) is 0 Å². The fourth-order valence-corrected chi connectivity index (χ4v) is 4.59. The van der Waals surface area contributed by atoms with Crippen LogP contribution in [-0.2, 0) is 11.2 Å².